The van der Waals surface area contributed by atoms with Gasteiger partial charge in [-0.1, -0.05) is 66.7 Å². The first-order valence-corrected chi connectivity index (χ1v) is 13.2. The number of amides is 1. The van der Waals surface area contributed by atoms with Crippen LogP contribution in [-0.2, 0) is 13.1 Å². The van der Waals surface area contributed by atoms with Gasteiger partial charge in [0.25, 0.3) is 5.91 Å². The first-order chi connectivity index (χ1) is 19.4. The number of fused-ring (bicyclic) bond motifs is 1. The lowest BCUT2D eigenvalue weighted by atomic mass is 10.0. The van der Waals surface area contributed by atoms with Crippen LogP contribution in [0.3, 0.4) is 0 Å². The predicted octanol–water partition coefficient (Wildman–Crippen LogP) is 7.11. The fourth-order valence-corrected chi connectivity index (χ4v) is 4.71. The van der Waals surface area contributed by atoms with E-state index in [0.717, 1.165) is 21.9 Å². The average molecular weight is 535 g/mol. The smallest absolute Gasteiger partial charge is 0.258 e. The number of nitrogens with zero attached hydrogens (tertiary/aromatic N) is 3. The van der Waals surface area contributed by atoms with Gasteiger partial charge in [-0.2, -0.15) is 0 Å². The number of halogens is 1. The Morgan fingerprint density at radius 2 is 1.73 bits per heavy atom. The van der Waals surface area contributed by atoms with Crippen LogP contribution in [0.5, 0.6) is 5.75 Å². The number of benzene rings is 4. The summed E-state index contributed by atoms with van der Waals surface area (Å²) in [6, 6.07) is 28.1. The standard InChI is InChI=1S/C33H31FN4O2/c1-22(2)38(21-23-10-8-14-26(18-23)40-3)32(39)29-20-36-33(37-31(29)28-16-6-7-17-30(28)34)35-19-25-13-9-12-24-11-4-5-15-27(24)25/h4-18,20,22H,19,21H2,1-3H3,(H,35,36,37). The van der Waals surface area contributed by atoms with Crippen molar-refractivity contribution in [1.29, 1.82) is 0 Å². The van der Waals surface area contributed by atoms with Gasteiger partial charge in [0.05, 0.1) is 18.4 Å². The monoisotopic (exact) mass is 534 g/mol. The van der Waals surface area contributed by atoms with Gasteiger partial charge in [0.15, 0.2) is 0 Å². The summed E-state index contributed by atoms with van der Waals surface area (Å²) >= 11 is 0. The number of carbonyl (C=O) groups is 1. The normalized spacial score (nSPS) is 11.0. The molecule has 5 rings (SSSR count). The van der Waals surface area contributed by atoms with Gasteiger partial charge in [0, 0.05) is 30.9 Å². The lowest BCUT2D eigenvalue weighted by Gasteiger charge is -2.28. The fourth-order valence-electron chi connectivity index (χ4n) is 4.71. The lowest BCUT2D eigenvalue weighted by molar-refractivity contribution is 0.0690. The summed E-state index contributed by atoms with van der Waals surface area (Å²) in [6.45, 7) is 4.72. The van der Waals surface area contributed by atoms with Crippen molar-refractivity contribution in [2.45, 2.75) is 33.0 Å². The van der Waals surface area contributed by atoms with Crippen LogP contribution in [0, 0.1) is 5.82 Å². The Morgan fingerprint density at radius 3 is 2.52 bits per heavy atom. The minimum Gasteiger partial charge on any atom is -0.497 e. The van der Waals surface area contributed by atoms with Crippen LogP contribution >= 0.6 is 0 Å². The Labute approximate surface area is 233 Å². The lowest BCUT2D eigenvalue weighted by Crippen LogP contribution is -2.37. The molecule has 0 spiro atoms. The molecule has 0 unspecified atom stereocenters. The molecule has 0 saturated carbocycles. The highest BCUT2D eigenvalue weighted by Gasteiger charge is 2.25. The summed E-state index contributed by atoms with van der Waals surface area (Å²) in [5.74, 6) is 0.285. The topological polar surface area (TPSA) is 67.3 Å². The number of carbonyl (C=O) groups excluding carboxylic acids is 1. The van der Waals surface area contributed by atoms with E-state index in [1.165, 1.54) is 12.3 Å². The maximum absolute atomic E-state index is 15.0. The van der Waals surface area contributed by atoms with E-state index in [0.29, 0.717) is 24.8 Å². The summed E-state index contributed by atoms with van der Waals surface area (Å²) in [5.41, 5.74) is 2.72. The second-order valence-corrected chi connectivity index (χ2v) is 9.81. The predicted molar refractivity (Wildman–Crippen MR) is 157 cm³/mol. The molecule has 0 aliphatic rings. The quantitative estimate of drug-likeness (QED) is 0.218. The number of ether oxygens (including phenoxy) is 1. The van der Waals surface area contributed by atoms with E-state index in [9.17, 15) is 4.79 Å². The van der Waals surface area contributed by atoms with Gasteiger partial charge < -0.3 is 15.0 Å². The number of rotatable bonds is 9. The molecule has 7 heteroatoms. The zero-order chi connectivity index (χ0) is 28.1. The third-order valence-electron chi connectivity index (χ3n) is 6.84. The first-order valence-electron chi connectivity index (χ1n) is 13.2. The Hall–Kier alpha value is -4.78. The third-order valence-corrected chi connectivity index (χ3v) is 6.84. The van der Waals surface area contributed by atoms with E-state index < -0.39 is 5.82 Å². The molecule has 4 aromatic carbocycles. The third kappa shape index (κ3) is 5.78. The minimum atomic E-state index is -0.459. The highest BCUT2D eigenvalue weighted by Crippen LogP contribution is 2.28. The molecule has 0 fully saturated rings. The van der Waals surface area contributed by atoms with Gasteiger partial charge >= 0.3 is 0 Å². The van der Waals surface area contributed by atoms with Crippen molar-refractivity contribution in [1.82, 2.24) is 14.9 Å². The van der Waals surface area contributed by atoms with Crippen molar-refractivity contribution in [3.8, 4) is 17.0 Å². The van der Waals surface area contributed by atoms with Crippen molar-refractivity contribution in [2.24, 2.45) is 0 Å². The number of anilines is 1. The highest BCUT2D eigenvalue weighted by atomic mass is 19.1. The molecule has 1 N–H and O–H groups in total. The second kappa shape index (κ2) is 11.9. The van der Waals surface area contributed by atoms with Crippen molar-refractivity contribution in [3.63, 3.8) is 0 Å². The zero-order valence-corrected chi connectivity index (χ0v) is 22.8. The van der Waals surface area contributed by atoms with Crippen LogP contribution in [0.15, 0.2) is 97.2 Å². The SMILES string of the molecule is COc1cccc(CN(C(=O)c2cnc(NCc3cccc4ccccc34)nc2-c2ccccc2F)C(C)C)c1. The molecule has 1 amide bonds. The van der Waals surface area contributed by atoms with E-state index in [4.69, 9.17) is 4.74 Å². The largest absolute Gasteiger partial charge is 0.497 e. The van der Waals surface area contributed by atoms with Crippen molar-refractivity contribution >= 4 is 22.6 Å². The van der Waals surface area contributed by atoms with Gasteiger partial charge in [0.2, 0.25) is 5.95 Å². The number of methoxy groups -OCH3 is 1. The molecule has 0 atom stereocenters. The average Bonchev–Trinajstić information content (AvgIpc) is 2.98. The molecule has 0 aliphatic carbocycles. The number of hydrogen-bond acceptors (Lipinski definition) is 5. The minimum absolute atomic E-state index is 0.128. The van der Waals surface area contributed by atoms with E-state index in [1.807, 2.05) is 62.4 Å². The van der Waals surface area contributed by atoms with Crippen LogP contribution in [0.2, 0.25) is 0 Å². The Bertz CT molecular complexity index is 1650. The Balaban J connectivity index is 1.49. The molecule has 5 aromatic rings. The van der Waals surface area contributed by atoms with Gasteiger partial charge in [-0.15, -0.1) is 0 Å². The molecular formula is C33H31FN4O2. The number of nitrogens with one attached hydrogen (secondary N) is 1. The fraction of sp³-hybridized carbons (Fsp3) is 0.182. The molecule has 1 aromatic heterocycles. The van der Waals surface area contributed by atoms with Crippen LogP contribution in [0.4, 0.5) is 10.3 Å². The van der Waals surface area contributed by atoms with Crippen molar-refractivity contribution in [2.75, 3.05) is 12.4 Å². The summed E-state index contributed by atoms with van der Waals surface area (Å²) in [5, 5.41) is 5.54. The van der Waals surface area contributed by atoms with E-state index in [1.54, 1.807) is 30.2 Å². The molecule has 1 heterocycles. The summed E-state index contributed by atoms with van der Waals surface area (Å²) in [4.78, 5) is 24.8. The van der Waals surface area contributed by atoms with Crippen molar-refractivity contribution in [3.05, 3.63) is 120 Å². The van der Waals surface area contributed by atoms with Gasteiger partial charge in [-0.05, 0) is 60.0 Å². The Morgan fingerprint density at radius 1 is 0.975 bits per heavy atom. The van der Waals surface area contributed by atoms with Crippen LogP contribution < -0.4 is 10.1 Å². The van der Waals surface area contributed by atoms with Crippen LogP contribution in [-0.4, -0.2) is 33.9 Å². The second-order valence-electron chi connectivity index (χ2n) is 9.81. The molecular weight excluding hydrogens is 503 g/mol. The summed E-state index contributed by atoms with van der Waals surface area (Å²) in [6.07, 6.45) is 1.49. The maximum Gasteiger partial charge on any atom is 0.258 e. The Kier molecular flexibility index (Phi) is 8.01. The van der Waals surface area contributed by atoms with E-state index >= 15 is 4.39 Å². The number of aromatic nitrogens is 2. The maximum atomic E-state index is 15.0. The highest BCUT2D eigenvalue weighted by molar-refractivity contribution is 6.00. The molecule has 0 bridgehead atoms. The van der Waals surface area contributed by atoms with Gasteiger partial charge in [0.1, 0.15) is 11.6 Å². The molecule has 0 aliphatic heterocycles. The molecule has 0 saturated heterocycles. The first kappa shape index (κ1) is 26.8. The van der Waals surface area contributed by atoms with E-state index in [2.05, 4.69) is 33.5 Å². The van der Waals surface area contributed by atoms with Crippen molar-refractivity contribution < 1.29 is 13.9 Å². The molecule has 0 radical (unpaired) electrons. The number of hydrogen-bond donors (Lipinski definition) is 1. The molecule has 40 heavy (non-hydrogen) atoms. The van der Waals surface area contributed by atoms with Crippen LogP contribution in [0.25, 0.3) is 22.0 Å². The summed E-state index contributed by atoms with van der Waals surface area (Å²) < 4.78 is 20.4. The molecule has 202 valence electrons. The van der Waals surface area contributed by atoms with Gasteiger partial charge in [-0.25, -0.2) is 14.4 Å². The van der Waals surface area contributed by atoms with E-state index in [-0.39, 0.29) is 28.8 Å². The van der Waals surface area contributed by atoms with Gasteiger partial charge in [-0.3, -0.25) is 4.79 Å². The zero-order valence-electron chi connectivity index (χ0n) is 22.8. The molecule has 6 nitrogen and oxygen atoms in total. The summed E-state index contributed by atoms with van der Waals surface area (Å²) in [7, 11) is 1.61. The van der Waals surface area contributed by atoms with Crippen LogP contribution in [0.1, 0.15) is 35.3 Å².